The third-order valence-corrected chi connectivity index (χ3v) is 2.99. The molecule has 3 nitrogen and oxygen atoms in total. The maximum absolute atomic E-state index is 5.89. The molecule has 1 atom stereocenters. The summed E-state index contributed by atoms with van der Waals surface area (Å²) in [5, 5.41) is 0.403. The first-order valence-corrected chi connectivity index (χ1v) is 5.86. The van der Waals surface area contributed by atoms with Gasteiger partial charge in [0, 0.05) is 6.20 Å². The van der Waals surface area contributed by atoms with Crippen LogP contribution in [0, 0.1) is 0 Å². The van der Waals surface area contributed by atoms with E-state index < -0.39 is 0 Å². The first-order valence-electron chi connectivity index (χ1n) is 5.48. The molecule has 2 rings (SSSR count). The Kier molecular flexibility index (Phi) is 3.36. The Morgan fingerprint density at radius 2 is 2.44 bits per heavy atom. The van der Waals surface area contributed by atoms with Crippen molar-refractivity contribution in [2.45, 2.75) is 38.4 Å². The molecule has 16 heavy (non-hydrogen) atoms. The van der Waals surface area contributed by atoms with Gasteiger partial charge in [-0.1, -0.05) is 11.6 Å². The van der Waals surface area contributed by atoms with E-state index in [1.807, 2.05) is 6.07 Å². The van der Waals surface area contributed by atoms with E-state index in [1.165, 1.54) is 0 Å². The number of pyridine rings is 1. The molecule has 0 aliphatic carbocycles. The van der Waals surface area contributed by atoms with E-state index in [0.29, 0.717) is 17.5 Å². The van der Waals surface area contributed by atoms with Crippen LogP contribution in [0.2, 0.25) is 5.15 Å². The van der Waals surface area contributed by atoms with Gasteiger partial charge in [0.2, 0.25) is 0 Å². The summed E-state index contributed by atoms with van der Waals surface area (Å²) in [5.41, 5.74) is -0.0211. The van der Waals surface area contributed by atoms with E-state index in [9.17, 15) is 0 Å². The van der Waals surface area contributed by atoms with E-state index >= 15 is 0 Å². The molecule has 88 valence electrons. The maximum Gasteiger partial charge on any atom is 0.171 e. The number of ether oxygens (including phenoxy) is 2. The Hall–Kier alpha value is -0.800. The van der Waals surface area contributed by atoms with Gasteiger partial charge < -0.3 is 9.47 Å². The van der Waals surface area contributed by atoms with Crippen molar-refractivity contribution in [2.75, 3.05) is 6.61 Å². The van der Waals surface area contributed by atoms with Crippen molar-refractivity contribution in [2.24, 2.45) is 0 Å². The lowest BCUT2D eigenvalue weighted by molar-refractivity contribution is -0.0326. The zero-order valence-corrected chi connectivity index (χ0v) is 10.3. The van der Waals surface area contributed by atoms with Crippen LogP contribution in [0.5, 0.6) is 5.75 Å². The van der Waals surface area contributed by atoms with Gasteiger partial charge in [0.05, 0.1) is 11.7 Å². The van der Waals surface area contributed by atoms with Gasteiger partial charge in [-0.3, -0.25) is 0 Å². The Labute approximate surface area is 101 Å². The number of hydrogen-bond donors (Lipinski definition) is 0. The molecule has 1 fully saturated rings. The van der Waals surface area contributed by atoms with Crippen LogP contribution in [0.1, 0.15) is 26.7 Å². The zero-order valence-electron chi connectivity index (χ0n) is 9.57. The minimum absolute atomic E-state index is 0.0211. The SMILES string of the molecule is CC1(C)CCC(COc2cccnc2Cl)O1. The number of hydrogen-bond acceptors (Lipinski definition) is 3. The molecule has 1 aliphatic rings. The van der Waals surface area contributed by atoms with Crippen LogP contribution >= 0.6 is 11.6 Å². The minimum Gasteiger partial charge on any atom is -0.488 e. The van der Waals surface area contributed by atoms with Crippen molar-refractivity contribution in [1.29, 1.82) is 0 Å². The average molecular weight is 242 g/mol. The van der Waals surface area contributed by atoms with Crippen molar-refractivity contribution in [3.8, 4) is 5.75 Å². The summed E-state index contributed by atoms with van der Waals surface area (Å²) in [4.78, 5) is 3.95. The van der Waals surface area contributed by atoms with E-state index in [2.05, 4.69) is 18.8 Å². The summed E-state index contributed by atoms with van der Waals surface area (Å²) in [6.07, 6.45) is 3.91. The van der Waals surface area contributed by atoms with E-state index in [1.54, 1.807) is 12.3 Å². The Bertz CT molecular complexity index is 368. The van der Waals surface area contributed by atoms with Gasteiger partial charge in [0.15, 0.2) is 10.9 Å². The first kappa shape index (κ1) is 11.7. The molecule has 0 amide bonds. The average Bonchev–Trinajstić information content (AvgIpc) is 2.57. The van der Waals surface area contributed by atoms with Crippen LogP contribution < -0.4 is 4.74 Å². The predicted octanol–water partition coefficient (Wildman–Crippen LogP) is 3.07. The van der Waals surface area contributed by atoms with Crippen LogP contribution in [0.15, 0.2) is 18.3 Å². The normalized spacial score (nSPS) is 23.3. The van der Waals surface area contributed by atoms with E-state index in [-0.39, 0.29) is 11.7 Å². The van der Waals surface area contributed by atoms with Gasteiger partial charge in [-0.15, -0.1) is 0 Å². The Morgan fingerprint density at radius 1 is 1.62 bits per heavy atom. The number of rotatable bonds is 3. The van der Waals surface area contributed by atoms with E-state index in [4.69, 9.17) is 21.1 Å². The van der Waals surface area contributed by atoms with Gasteiger partial charge in [-0.25, -0.2) is 4.98 Å². The summed E-state index contributed by atoms with van der Waals surface area (Å²) < 4.78 is 11.4. The maximum atomic E-state index is 5.89. The summed E-state index contributed by atoms with van der Waals surface area (Å²) in [5.74, 6) is 0.623. The van der Waals surface area contributed by atoms with Crippen LogP contribution in [0.4, 0.5) is 0 Å². The quantitative estimate of drug-likeness (QED) is 0.763. The number of halogens is 1. The molecule has 0 spiro atoms. The lowest BCUT2D eigenvalue weighted by Gasteiger charge is -2.19. The molecular weight excluding hydrogens is 226 g/mol. The third kappa shape index (κ3) is 2.86. The highest BCUT2D eigenvalue weighted by Gasteiger charge is 2.31. The standard InChI is InChI=1S/C12H16ClNO2/c1-12(2)6-5-9(16-12)8-15-10-4-3-7-14-11(10)13/h3-4,7,9H,5-6,8H2,1-2H3. The zero-order chi connectivity index (χ0) is 11.6. The van der Waals surface area contributed by atoms with Gasteiger partial charge in [-0.05, 0) is 38.8 Å². The van der Waals surface area contributed by atoms with Crippen molar-refractivity contribution >= 4 is 11.6 Å². The molecule has 4 heteroatoms. The molecule has 0 saturated carbocycles. The van der Waals surface area contributed by atoms with E-state index in [0.717, 1.165) is 12.8 Å². The smallest absolute Gasteiger partial charge is 0.171 e. The lowest BCUT2D eigenvalue weighted by atomic mass is 10.1. The molecule has 1 aliphatic heterocycles. The molecule has 1 unspecified atom stereocenters. The summed E-state index contributed by atoms with van der Waals surface area (Å²) >= 11 is 5.89. The number of aromatic nitrogens is 1. The molecule has 0 N–H and O–H groups in total. The molecule has 2 heterocycles. The fraction of sp³-hybridized carbons (Fsp3) is 0.583. The van der Waals surface area contributed by atoms with Crippen molar-refractivity contribution in [3.63, 3.8) is 0 Å². The lowest BCUT2D eigenvalue weighted by Crippen LogP contribution is -2.23. The third-order valence-electron chi connectivity index (χ3n) is 2.70. The highest BCUT2D eigenvalue weighted by Crippen LogP contribution is 2.30. The molecule has 1 saturated heterocycles. The van der Waals surface area contributed by atoms with Crippen LogP contribution in [0.25, 0.3) is 0 Å². The van der Waals surface area contributed by atoms with Crippen molar-refractivity contribution in [3.05, 3.63) is 23.5 Å². The highest BCUT2D eigenvalue weighted by atomic mass is 35.5. The van der Waals surface area contributed by atoms with Crippen molar-refractivity contribution < 1.29 is 9.47 Å². The Morgan fingerprint density at radius 3 is 3.06 bits per heavy atom. The van der Waals surface area contributed by atoms with Crippen LogP contribution in [0.3, 0.4) is 0 Å². The summed E-state index contributed by atoms with van der Waals surface area (Å²) in [7, 11) is 0. The van der Waals surface area contributed by atoms with Crippen LogP contribution in [-0.2, 0) is 4.74 Å². The Balaban J connectivity index is 1.87. The molecule has 0 bridgehead atoms. The van der Waals surface area contributed by atoms with Gasteiger partial charge in [-0.2, -0.15) is 0 Å². The van der Waals surface area contributed by atoms with Gasteiger partial charge >= 0.3 is 0 Å². The summed E-state index contributed by atoms with van der Waals surface area (Å²) in [6, 6.07) is 3.62. The fourth-order valence-corrected chi connectivity index (χ4v) is 2.03. The largest absolute Gasteiger partial charge is 0.488 e. The van der Waals surface area contributed by atoms with Gasteiger partial charge in [0.1, 0.15) is 6.61 Å². The van der Waals surface area contributed by atoms with Gasteiger partial charge in [0.25, 0.3) is 0 Å². The van der Waals surface area contributed by atoms with Crippen molar-refractivity contribution in [1.82, 2.24) is 4.98 Å². The molecule has 0 aromatic carbocycles. The molecule has 0 radical (unpaired) electrons. The second kappa shape index (κ2) is 4.60. The minimum atomic E-state index is -0.0211. The monoisotopic (exact) mass is 241 g/mol. The topological polar surface area (TPSA) is 31.4 Å². The first-order chi connectivity index (χ1) is 7.57. The fourth-order valence-electron chi connectivity index (χ4n) is 1.86. The second-order valence-corrected chi connectivity index (χ2v) is 5.00. The molecule has 1 aromatic rings. The second-order valence-electron chi connectivity index (χ2n) is 4.64. The van der Waals surface area contributed by atoms with Crippen LogP contribution in [-0.4, -0.2) is 23.3 Å². The molecular formula is C12H16ClNO2. The highest BCUT2D eigenvalue weighted by molar-refractivity contribution is 6.30. The molecule has 1 aromatic heterocycles. The number of nitrogens with zero attached hydrogens (tertiary/aromatic N) is 1. The summed E-state index contributed by atoms with van der Waals surface area (Å²) in [6.45, 7) is 4.74. The predicted molar refractivity (Wildman–Crippen MR) is 62.9 cm³/mol.